The number of hydrogen-bond acceptors (Lipinski definition) is 3. The minimum absolute atomic E-state index is 0.495. The monoisotopic (exact) mass is 380 g/mol. The maximum atomic E-state index is 12.3. The van der Waals surface area contributed by atoms with Gasteiger partial charge in [-0.15, -0.1) is 0 Å². The van der Waals surface area contributed by atoms with Crippen LogP contribution in [0.3, 0.4) is 0 Å². The summed E-state index contributed by atoms with van der Waals surface area (Å²) in [5, 5.41) is 4.05. The van der Waals surface area contributed by atoms with E-state index in [0.717, 1.165) is 11.1 Å². The molecule has 4 nitrogen and oxygen atoms in total. The molecule has 0 saturated heterocycles. The van der Waals surface area contributed by atoms with Gasteiger partial charge in [-0.05, 0) is 56.2 Å². The van der Waals surface area contributed by atoms with Gasteiger partial charge in [0.05, 0.1) is 12.1 Å². The van der Waals surface area contributed by atoms with Gasteiger partial charge >= 0.3 is 6.09 Å². The van der Waals surface area contributed by atoms with E-state index in [0.29, 0.717) is 10.0 Å². The van der Waals surface area contributed by atoms with Crippen LogP contribution in [0, 0.1) is 0 Å². The Hall–Kier alpha value is -1.75. The van der Waals surface area contributed by atoms with Gasteiger partial charge in [0.2, 0.25) is 0 Å². The van der Waals surface area contributed by atoms with Crippen LogP contribution in [-0.4, -0.2) is 11.7 Å². The zero-order valence-electron chi connectivity index (χ0n) is 14.4. The van der Waals surface area contributed by atoms with E-state index in [1.807, 2.05) is 24.3 Å². The fourth-order valence-electron chi connectivity index (χ4n) is 2.39. The van der Waals surface area contributed by atoms with Gasteiger partial charge in [-0.3, -0.25) is 0 Å². The molecule has 0 aliphatic heterocycles. The summed E-state index contributed by atoms with van der Waals surface area (Å²) in [6.07, 6.45) is -0.537. The molecule has 0 aromatic heterocycles. The van der Waals surface area contributed by atoms with Crippen molar-refractivity contribution in [1.29, 1.82) is 0 Å². The first kappa shape index (κ1) is 19.6. The number of alkyl carbamates (subject to hydrolysis) is 1. The van der Waals surface area contributed by atoms with Crippen LogP contribution in [-0.2, 0) is 4.74 Å². The third-order valence-electron chi connectivity index (χ3n) is 3.49. The lowest BCUT2D eigenvalue weighted by molar-refractivity contribution is 0.0495. The highest BCUT2D eigenvalue weighted by molar-refractivity contribution is 6.30. The molecule has 0 radical (unpaired) electrons. The van der Waals surface area contributed by atoms with Crippen LogP contribution in [0.15, 0.2) is 48.5 Å². The van der Waals surface area contributed by atoms with E-state index in [1.165, 1.54) is 0 Å². The van der Waals surface area contributed by atoms with Crippen LogP contribution in [0.2, 0.25) is 10.0 Å². The SMILES string of the molecule is CC(C)(C)OC(=O)N[C@H](c1ccc(Cl)cc1)[C@@H](N)c1cccc(Cl)c1. The smallest absolute Gasteiger partial charge is 0.408 e. The number of benzene rings is 2. The minimum atomic E-state index is -0.602. The van der Waals surface area contributed by atoms with Crippen molar-refractivity contribution in [1.82, 2.24) is 5.32 Å². The molecule has 25 heavy (non-hydrogen) atoms. The van der Waals surface area contributed by atoms with Gasteiger partial charge in [-0.1, -0.05) is 47.5 Å². The second-order valence-electron chi connectivity index (χ2n) is 6.76. The Balaban J connectivity index is 2.31. The Morgan fingerprint density at radius 1 is 1.04 bits per heavy atom. The van der Waals surface area contributed by atoms with E-state index in [-0.39, 0.29) is 0 Å². The van der Waals surface area contributed by atoms with Crippen LogP contribution < -0.4 is 11.1 Å². The third kappa shape index (κ3) is 5.92. The number of rotatable bonds is 4. The summed E-state index contributed by atoms with van der Waals surface area (Å²) in [6, 6.07) is 13.4. The number of nitrogens with one attached hydrogen (secondary N) is 1. The molecule has 6 heteroatoms. The zero-order valence-corrected chi connectivity index (χ0v) is 15.9. The molecular weight excluding hydrogens is 359 g/mol. The third-order valence-corrected chi connectivity index (χ3v) is 3.98. The van der Waals surface area contributed by atoms with Crippen LogP contribution >= 0.6 is 23.2 Å². The molecule has 3 N–H and O–H groups in total. The van der Waals surface area contributed by atoms with Gasteiger partial charge in [-0.2, -0.15) is 0 Å². The van der Waals surface area contributed by atoms with E-state index in [2.05, 4.69) is 5.32 Å². The first-order valence-corrected chi connectivity index (χ1v) is 8.67. The fraction of sp³-hybridized carbons (Fsp3) is 0.316. The molecule has 0 heterocycles. The van der Waals surface area contributed by atoms with E-state index in [1.54, 1.807) is 45.0 Å². The summed E-state index contributed by atoms with van der Waals surface area (Å²) in [4.78, 5) is 12.3. The van der Waals surface area contributed by atoms with Gasteiger partial charge in [0.25, 0.3) is 0 Å². The second kappa shape index (κ2) is 8.09. The van der Waals surface area contributed by atoms with Crippen molar-refractivity contribution in [2.45, 2.75) is 38.5 Å². The van der Waals surface area contributed by atoms with Gasteiger partial charge in [-0.25, -0.2) is 4.79 Å². The van der Waals surface area contributed by atoms with Gasteiger partial charge < -0.3 is 15.8 Å². The van der Waals surface area contributed by atoms with Crippen molar-refractivity contribution >= 4 is 29.3 Å². The number of carbonyl (C=O) groups excluding carboxylic acids is 1. The summed E-state index contributed by atoms with van der Waals surface area (Å²) in [5.74, 6) is 0. The first-order valence-electron chi connectivity index (χ1n) is 7.92. The van der Waals surface area contributed by atoms with Gasteiger partial charge in [0.15, 0.2) is 0 Å². The molecule has 2 rings (SSSR count). The highest BCUT2D eigenvalue weighted by Gasteiger charge is 2.26. The van der Waals surface area contributed by atoms with Crippen LogP contribution in [0.1, 0.15) is 44.0 Å². The maximum absolute atomic E-state index is 12.3. The van der Waals surface area contributed by atoms with Crippen molar-refractivity contribution in [2.75, 3.05) is 0 Å². The molecule has 0 bridgehead atoms. The van der Waals surface area contributed by atoms with Gasteiger partial charge in [0, 0.05) is 10.0 Å². The second-order valence-corrected chi connectivity index (χ2v) is 7.63. The first-order chi connectivity index (χ1) is 11.7. The van der Waals surface area contributed by atoms with Crippen molar-refractivity contribution in [3.8, 4) is 0 Å². The highest BCUT2D eigenvalue weighted by atomic mass is 35.5. The lowest BCUT2D eigenvalue weighted by Crippen LogP contribution is -2.39. The Morgan fingerprint density at radius 2 is 1.68 bits per heavy atom. The number of ether oxygens (including phenoxy) is 1. The summed E-state index contributed by atoms with van der Waals surface area (Å²) >= 11 is 12.0. The summed E-state index contributed by atoms with van der Waals surface area (Å²) in [7, 11) is 0. The molecule has 2 atom stereocenters. The standard InChI is InChI=1S/C19H22Cl2N2O2/c1-19(2,3)25-18(24)23-17(12-7-9-14(20)10-8-12)16(22)13-5-4-6-15(21)11-13/h4-11,16-17H,22H2,1-3H3,(H,23,24)/t16-,17+/m0/s1. The number of amides is 1. The summed E-state index contributed by atoms with van der Waals surface area (Å²) in [6.45, 7) is 5.42. The van der Waals surface area contributed by atoms with E-state index >= 15 is 0 Å². The molecule has 0 fully saturated rings. The molecular formula is C19H22Cl2N2O2. The van der Waals surface area contributed by atoms with Crippen LogP contribution in [0.25, 0.3) is 0 Å². The fourth-order valence-corrected chi connectivity index (χ4v) is 2.72. The van der Waals surface area contributed by atoms with E-state index < -0.39 is 23.8 Å². The molecule has 0 unspecified atom stereocenters. The van der Waals surface area contributed by atoms with Crippen molar-refractivity contribution < 1.29 is 9.53 Å². The maximum Gasteiger partial charge on any atom is 0.408 e. The quantitative estimate of drug-likeness (QED) is 0.759. The number of halogens is 2. The van der Waals surface area contributed by atoms with Crippen molar-refractivity contribution in [2.24, 2.45) is 5.73 Å². The zero-order chi connectivity index (χ0) is 18.6. The predicted molar refractivity (Wildman–Crippen MR) is 102 cm³/mol. The highest BCUT2D eigenvalue weighted by Crippen LogP contribution is 2.29. The average molecular weight is 381 g/mol. The molecule has 0 aliphatic carbocycles. The Morgan fingerprint density at radius 3 is 2.24 bits per heavy atom. The predicted octanol–water partition coefficient (Wildman–Crippen LogP) is 5.26. The molecule has 134 valence electrons. The van der Waals surface area contributed by atoms with E-state index in [9.17, 15) is 4.79 Å². The molecule has 2 aromatic carbocycles. The largest absolute Gasteiger partial charge is 0.444 e. The normalized spacial score (nSPS) is 13.8. The minimum Gasteiger partial charge on any atom is -0.444 e. The number of carbonyl (C=O) groups is 1. The molecule has 0 saturated carbocycles. The molecule has 1 amide bonds. The molecule has 0 aliphatic rings. The summed E-state index contributed by atoms with van der Waals surface area (Å²) in [5.41, 5.74) is 7.46. The number of nitrogens with two attached hydrogens (primary N) is 1. The topological polar surface area (TPSA) is 64.3 Å². The molecule has 2 aromatic rings. The van der Waals surface area contributed by atoms with E-state index in [4.69, 9.17) is 33.7 Å². The van der Waals surface area contributed by atoms with Gasteiger partial charge in [0.1, 0.15) is 5.60 Å². The average Bonchev–Trinajstić information content (AvgIpc) is 2.51. The lowest BCUT2D eigenvalue weighted by Gasteiger charge is -2.28. The lowest BCUT2D eigenvalue weighted by atomic mass is 9.94. The Kier molecular flexibility index (Phi) is 6.33. The van der Waals surface area contributed by atoms with Crippen molar-refractivity contribution in [3.63, 3.8) is 0 Å². The van der Waals surface area contributed by atoms with Crippen molar-refractivity contribution in [3.05, 3.63) is 69.7 Å². The Bertz CT molecular complexity index is 727. The van der Waals surface area contributed by atoms with Crippen LogP contribution in [0.5, 0.6) is 0 Å². The molecule has 0 spiro atoms. The van der Waals surface area contributed by atoms with Crippen LogP contribution in [0.4, 0.5) is 4.79 Å². The summed E-state index contributed by atoms with van der Waals surface area (Å²) < 4.78 is 5.37. The number of hydrogen-bond donors (Lipinski definition) is 2. The Labute approximate surface area is 158 Å².